The Hall–Kier alpha value is -1.40. The van der Waals surface area contributed by atoms with Gasteiger partial charge in [0.05, 0.1) is 25.2 Å². The molecule has 0 aliphatic carbocycles. The van der Waals surface area contributed by atoms with Crippen molar-refractivity contribution < 1.29 is 24.5 Å². The highest BCUT2D eigenvalue weighted by molar-refractivity contribution is 5.77. The number of carbonyl (C=O) groups is 2. The van der Waals surface area contributed by atoms with E-state index in [1.54, 1.807) is 0 Å². The third kappa shape index (κ3) is 45.2. The molecular weight excluding hydrogens is 767 g/mol. The molecule has 3 N–H and O–H groups in total. The van der Waals surface area contributed by atoms with Crippen LogP contribution in [0.5, 0.6) is 0 Å². The predicted octanol–water partition coefficient (Wildman–Crippen LogP) is 16.9. The van der Waals surface area contributed by atoms with Gasteiger partial charge in [0.1, 0.15) is 6.10 Å². The van der Waals surface area contributed by atoms with Crippen molar-refractivity contribution in [3.63, 3.8) is 0 Å². The number of aliphatic hydroxyl groups is 2. The molecule has 0 saturated carbocycles. The van der Waals surface area contributed by atoms with E-state index >= 15 is 0 Å². The summed E-state index contributed by atoms with van der Waals surface area (Å²) < 4.78 is 5.96. The highest BCUT2D eigenvalue weighted by Crippen LogP contribution is 2.19. The molecule has 0 fully saturated rings. The van der Waals surface area contributed by atoms with Crippen LogP contribution in [-0.2, 0) is 14.3 Å². The number of hydrogen-bond acceptors (Lipinski definition) is 5. The van der Waals surface area contributed by atoms with Gasteiger partial charge < -0.3 is 20.3 Å². The van der Waals surface area contributed by atoms with E-state index in [-0.39, 0.29) is 24.9 Å². The summed E-state index contributed by atoms with van der Waals surface area (Å²) in [5, 5.41) is 23.8. The van der Waals surface area contributed by atoms with Gasteiger partial charge in [-0.1, -0.05) is 258 Å². The highest BCUT2D eigenvalue weighted by Gasteiger charge is 2.24. The Balaban J connectivity index is 4.52. The fourth-order valence-corrected chi connectivity index (χ4v) is 8.84. The summed E-state index contributed by atoms with van der Waals surface area (Å²) in [6.45, 7) is 6.50. The van der Waals surface area contributed by atoms with Crippen LogP contribution in [0.3, 0.4) is 0 Å². The van der Waals surface area contributed by atoms with Crippen LogP contribution in [0.4, 0.5) is 0 Å². The zero-order chi connectivity index (χ0) is 45.2. The summed E-state index contributed by atoms with van der Waals surface area (Å²) in [5.74, 6) is -0.463. The van der Waals surface area contributed by atoms with E-state index in [0.29, 0.717) is 19.3 Å². The van der Waals surface area contributed by atoms with Crippen molar-refractivity contribution in [3.05, 3.63) is 12.2 Å². The highest BCUT2D eigenvalue weighted by atomic mass is 16.5. The monoisotopic (exact) mass is 876 g/mol. The molecule has 3 unspecified atom stereocenters. The Morgan fingerprint density at radius 1 is 0.452 bits per heavy atom. The molecule has 62 heavy (non-hydrogen) atoms. The first-order chi connectivity index (χ1) is 30.5. The van der Waals surface area contributed by atoms with Gasteiger partial charge in [-0.15, -0.1) is 0 Å². The fourth-order valence-electron chi connectivity index (χ4n) is 8.84. The molecule has 0 aromatic carbocycles. The van der Waals surface area contributed by atoms with E-state index in [1.165, 1.54) is 212 Å². The van der Waals surface area contributed by atoms with Gasteiger partial charge in [0, 0.05) is 6.42 Å². The zero-order valence-corrected chi connectivity index (χ0v) is 42.0. The van der Waals surface area contributed by atoms with Crippen molar-refractivity contribution in [1.82, 2.24) is 5.32 Å². The lowest BCUT2D eigenvalue weighted by Gasteiger charge is -2.24. The second kappa shape index (κ2) is 50.6. The van der Waals surface area contributed by atoms with Crippen LogP contribution >= 0.6 is 0 Å². The summed E-state index contributed by atoms with van der Waals surface area (Å²) in [7, 11) is 0. The summed E-state index contributed by atoms with van der Waals surface area (Å²) in [6.07, 6.45) is 57.1. The number of esters is 1. The number of rotatable bonds is 51. The standard InChI is InChI=1S/C56H109NO5/c1-4-7-10-13-16-19-22-24-26-28-29-31-33-35-38-41-44-47-52(50-55(60)57-53(51-58)54(59)48-45-42-39-36-21-18-15-12-9-6-3)62-56(61)49-46-43-40-37-34-32-30-27-25-23-20-17-14-11-8-5-2/h27,30,52-54,58-59H,4-26,28-29,31-51H2,1-3H3,(H,57,60)/b30-27+. The molecule has 0 bridgehead atoms. The maximum atomic E-state index is 13.2. The molecule has 1 amide bonds. The fraction of sp³-hybridized carbons (Fsp3) is 0.929. The maximum Gasteiger partial charge on any atom is 0.306 e. The lowest BCUT2D eigenvalue weighted by atomic mass is 10.0. The summed E-state index contributed by atoms with van der Waals surface area (Å²) in [4.78, 5) is 26.2. The number of hydrogen-bond donors (Lipinski definition) is 3. The Labute approximate surface area is 387 Å². The van der Waals surface area contributed by atoms with E-state index in [9.17, 15) is 19.8 Å². The summed E-state index contributed by atoms with van der Waals surface area (Å²) in [5.41, 5.74) is 0. The first kappa shape index (κ1) is 60.6. The molecule has 368 valence electrons. The molecule has 0 aromatic rings. The third-order valence-corrected chi connectivity index (χ3v) is 13.1. The van der Waals surface area contributed by atoms with E-state index in [1.807, 2.05) is 0 Å². The molecule has 0 radical (unpaired) electrons. The molecule has 6 nitrogen and oxygen atoms in total. The number of amides is 1. The van der Waals surface area contributed by atoms with Crippen molar-refractivity contribution in [2.75, 3.05) is 6.61 Å². The van der Waals surface area contributed by atoms with E-state index in [2.05, 4.69) is 38.2 Å². The van der Waals surface area contributed by atoms with Gasteiger partial charge >= 0.3 is 5.97 Å². The number of unbranched alkanes of at least 4 members (excludes halogenated alkanes) is 37. The Morgan fingerprint density at radius 3 is 1.15 bits per heavy atom. The zero-order valence-electron chi connectivity index (χ0n) is 42.0. The van der Waals surface area contributed by atoms with E-state index in [4.69, 9.17) is 4.74 Å². The molecule has 0 rings (SSSR count). The SMILES string of the molecule is CCCCCCCCC/C=C/CCCCCCCC(=O)OC(CCCCCCCCCCCCCCCCCCC)CC(=O)NC(CO)C(O)CCCCCCCCCCCC. The number of nitrogens with one attached hydrogen (secondary N) is 1. The largest absolute Gasteiger partial charge is 0.462 e. The average Bonchev–Trinajstić information content (AvgIpc) is 3.26. The molecule has 0 saturated heterocycles. The third-order valence-electron chi connectivity index (χ3n) is 13.1. The van der Waals surface area contributed by atoms with Crippen LogP contribution in [0.15, 0.2) is 12.2 Å². The van der Waals surface area contributed by atoms with Crippen molar-refractivity contribution in [1.29, 1.82) is 0 Å². The normalized spacial score (nSPS) is 13.2. The second-order valence-corrected chi connectivity index (χ2v) is 19.3. The van der Waals surface area contributed by atoms with Crippen molar-refractivity contribution in [2.24, 2.45) is 0 Å². The maximum absolute atomic E-state index is 13.2. The van der Waals surface area contributed by atoms with E-state index < -0.39 is 18.2 Å². The number of aliphatic hydroxyl groups excluding tert-OH is 2. The smallest absolute Gasteiger partial charge is 0.306 e. The van der Waals surface area contributed by atoms with Crippen LogP contribution in [0.2, 0.25) is 0 Å². The lowest BCUT2D eigenvalue weighted by molar-refractivity contribution is -0.151. The van der Waals surface area contributed by atoms with Gasteiger partial charge in [0.15, 0.2) is 0 Å². The van der Waals surface area contributed by atoms with Crippen LogP contribution in [-0.4, -0.2) is 46.9 Å². The Kier molecular flexibility index (Phi) is 49.5. The Bertz CT molecular complexity index is 939. The molecule has 6 heteroatoms. The molecule has 0 aliphatic rings. The quantitative estimate of drug-likeness (QED) is 0.0321. The molecule has 0 aromatic heterocycles. The molecule has 0 spiro atoms. The second-order valence-electron chi connectivity index (χ2n) is 19.3. The van der Waals surface area contributed by atoms with Gasteiger partial charge in [-0.2, -0.15) is 0 Å². The van der Waals surface area contributed by atoms with E-state index in [0.717, 1.165) is 51.4 Å². The number of ether oxygens (including phenoxy) is 1. The Morgan fingerprint density at radius 2 is 0.774 bits per heavy atom. The average molecular weight is 876 g/mol. The molecular formula is C56H109NO5. The van der Waals surface area contributed by atoms with Crippen LogP contribution in [0.1, 0.15) is 310 Å². The molecule has 0 heterocycles. The minimum absolute atomic E-state index is 0.0819. The van der Waals surface area contributed by atoms with Gasteiger partial charge in [0.25, 0.3) is 0 Å². The van der Waals surface area contributed by atoms with Gasteiger partial charge in [-0.25, -0.2) is 0 Å². The predicted molar refractivity (Wildman–Crippen MR) is 269 cm³/mol. The van der Waals surface area contributed by atoms with Crippen LogP contribution < -0.4 is 5.32 Å². The summed E-state index contributed by atoms with van der Waals surface area (Å²) in [6, 6.07) is -0.696. The first-order valence-corrected chi connectivity index (χ1v) is 27.9. The van der Waals surface area contributed by atoms with Gasteiger partial charge in [-0.05, 0) is 51.4 Å². The van der Waals surface area contributed by atoms with Crippen LogP contribution in [0, 0.1) is 0 Å². The van der Waals surface area contributed by atoms with Crippen molar-refractivity contribution in [2.45, 2.75) is 328 Å². The topological polar surface area (TPSA) is 95.9 Å². The van der Waals surface area contributed by atoms with Gasteiger partial charge in [-0.3, -0.25) is 9.59 Å². The number of allylic oxidation sites excluding steroid dienone is 2. The van der Waals surface area contributed by atoms with Crippen molar-refractivity contribution >= 4 is 11.9 Å². The first-order valence-electron chi connectivity index (χ1n) is 27.9. The molecule has 0 aliphatic heterocycles. The minimum atomic E-state index is -0.782. The minimum Gasteiger partial charge on any atom is -0.462 e. The lowest BCUT2D eigenvalue weighted by Crippen LogP contribution is -2.46. The number of carbonyl (C=O) groups excluding carboxylic acids is 2. The van der Waals surface area contributed by atoms with Crippen LogP contribution in [0.25, 0.3) is 0 Å². The van der Waals surface area contributed by atoms with Gasteiger partial charge in [0.2, 0.25) is 5.91 Å². The summed E-state index contributed by atoms with van der Waals surface area (Å²) >= 11 is 0. The molecule has 3 atom stereocenters. The van der Waals surface area contributed by atoms with Crippen molar-refractivity contribution in [3.8, 4) is 0 Å².